The van der Waals surface area contributed by atoms with Gasteiger partial charge < -0.3 is 9.80 Å². The summed E-state index contributed by atoms with van der Waals surface area (Å²) in [4.78, 5) is 21.2. The van der Waals surface area contributed by atoms with Gasteiger partial charge in [-0.25, -0.2) is 4.98 Å². The number of aromatic nitrogens is 3. The maximum absolute atomic E-state index is 12.9. The number of aryl methyl sites for hydroxylation is 2. The van der Waals surface area contributed by atoms with Crippen molar-refractivity contribution in [3.8, 4) is 0 Å². The molecule has 0 aliphatic carbocycles. The number of carbonyl (C=O) groups is 1. The van der Waals surface area contributed by atoms with E-state index in [0.29, 0.717) is 54.2 Å². The minimum absolute atomic E-state index is 0.0440. The summed E-state index contributed by atoms with van der Waals surface area (Å²) in [5.74, 6) is 0.754. The zero-order valence-electron chi connectivity index (χ0n) is 17.0. The van der Waals surface area contributed by atoms with E-state index >= 15 is 0 Å². The van der Waals surface area contributed by atoms with Gasteiger partial charge >= 0.3 is 0 Å². The maximum atomic E-state index is 12.9. The van der Waals surface area contributed by atoms with Crippen molar-refractivity contribution in [1.29, 1.82) is 0 Å². The van der Waals surface area contributed by atoms with E-state index in [0.717, 1.165) is 17.0 Å². The third-order valence-corrected chi connectivity index (χ3v) is 5.78. The Hall–Kier alpha value is -2.57. The SMILES string of the molecule is Cc1cc(C)n(Cc2ccc(C(=O)N3CCN(c4ncc(Cl)cc4Cl)CC3)cc2)n1. The molecule has 0 radical (unpaired) electrons. The van der Waals surface area contributed by atoms with Gasteiger partial charge in [-0.15, -0.1) is 0 Å². The van der Waals surface area contributed by atoms with Crippen molar-refractivity contribution in [3.63, 3.8) is 0 Å². The predicted molar refractivity (Wildman–Crippen MR) is 120 cm³/mol. The van der Waals surface area contributed by atoms with Crippen molar-refractivity contribution >= 4 is 34.9 Å². The largest absolute Gasteiger partial charge is 0.352 e. The van der Waals surface area contributed by atoms with E-state index in [9.17, 15) is 4.79 Å². The van der Waals surface area contributed by atoms with Crippen LogP contribution in [0.3, 0.4) is 0 Å². The fourth-order valence-corrected chi connectivity index (χ4v) is 4.20. The lowest BCUT2D eigenvalue weighted by Crippen LogP contribution is -2.49. The number of benzene rings is 1. The third kappa shape index (κ3) is 4.45. The first-order valence-corrected chi connectivity index (χ1v) is 10.6. The summed E-state index contributed by atoms with van der Waals surface area (Å²) < 4.78 is 1.97. The number of rotatable bonds is 4. The predicted octanol–water partition coefficient (Wildman–Crippen LogP) is 4.21. The second-order valence-electron chi connectivity index (χ2n) is 7.52. The number of nitrogens with zero attached hydrogens (tertiary/aromatic N) is 5. The van der Waals surface area contributed by atoms with Crippen LogP contribution in [-0.2, 0) is 6.54 Å². The molecule has 4 rings (SSSR count). The zero-order chi connectivity index (χ0) is 21.3. The number of piperazine rings is 1. The van der Waals surface area contributed by atoms with Crippen LogP contribution < -0.4 is 4.90 Å². The van der Waals surface area contributed by atoms with Crippen LogP contribution in [0.5, 0.6) is 0 Å². The summed E-state index contributed by atoms with van der Waals surface area (Å²) in [5.41, 5.74) is 3.95. The molecule has 6 nitrogen and oxygen atoms in total. The van der Waals surface area contributed by atoms with Crippen molar-refractivity contribution in [3.05, 3.63) is 75.2 Å². The lowest BCUT2D eigenvalue weighted by molar-refractivity contribution is 0.0746. The normalized spacial score (nSPS) is 14.3. The van der Waals surface area contributed by atoms with Crippen LogP contribution in [0.4, 0.5) is 5.82 Å². The molecule has 3 heterocycles. The first-order valence-electron chi connectivity index (χ1n) is 9.86. The second-order valence-corrected chi connectivity index (χ2v) is 8.36. The second kappa shape index (κ2) is 8.66. The molecule has 30 heavy (non-hydrogen) atoms. The Labute approximate surface area is 186 Å². The minimum Gasteiger partial charge on any atom is -0.352 e. The summed E-state index contributed by atoms with van der Waals surface area (Å²) in [7, 11) is 0. The fourth-order valence-electron chi connectivity index (χ4n) is 3.70. The van der Waals surface area contributed by atoms with Gasteiger partial charge in [0.25, 0.3) is 5.91 Å². The van der Waals surface area contributed by atoms with Gasteiger partial charge in [0.05, 0.1) is 22.3 Å². The molecule has 1 aromatic carbocycles. The highest BCUT2D eigenvalue weighted by Crippen LogP contribution is 2.27. The van der Waals surface area contributed by atoms with Gasteiger partial charge in [0.2, 0.25) is 0 Å². The molecule has 0 unspecified atom stereocenters. The molecule has 1 amide bonds. The van der Waals surface area contributed by atoms with Gasteiger partial charge in [-0.2, -0.15) is 5.10 Å². The first kappa shape index (κ1) is 20.7. The number of pyridine rings is 1. The van der Waals surface area contributed by atoms with Crippen LogP contribution >= 0.6 is 23.2 Å². The molecule has 1 fully saturated rings. The fraction of sp³-hybridized carbons (Fsp3) is 0.318. The highest BCUT2D eigenvalue weighted by Gasteiger charge is 2.24. The molecule has 1 aliphatic heterocycles. The Bertz CT molecular complexity index is 1060. The third-order valence-electron chi connectivity index (χ3n) is 5.29. The molecule has 1 saturated heterocycles. The Morgan fingerprint density at radius 3 is 2.33 bits per heavy atom. The number of anilines is 1. The summed E-state index contributed by atoms with van der Waals surface area (Å²) in [6.45, 7) is 7.32. The highest BCUT2D eigenvalue weighted by molar-refractivity contribution is 6.36. The lowest BCUT2D eigenvalue weighted by atomic mass is 10.1. The van der Waals surface area contributed by atoms with E-state index in [1.807, 2.05) is 47.7 Å². The molecule has 0 N–H and O–H groups in total. The molecular formula is C22H23Cl2N5O. The summed E-state index contributed by atoms with van der Waals surface area (Å²) in [6.07, 6.45) is 1.59. The zero-order valence-corrected chi connectivity index (χ0v) is 18.5. The molecule has 156 valence electrons. The average Bonchev–Trinajstić information content (AvgIpc) is 3.05. The molecule has 0 bridgehead atoms. The number of hydrogen-bond acceptors (Lipinski definition) is 4. The van der Waals surface area contributed by atoms with Gasteiger partial charge in [0.1, 0.15) is 5.82 Å². The Balaban J connectivity index is 1.37. The van der Waals surface area contributed by atoms with Crippen molar-refractivity contribution in [1.82, 2.24) is 19.7 Å². The molecule has 2 aromatic heterocycles. The quantitative estimate of drug-likeness (QED) is 0.605. The summed E-state index contributed by atoms with van der Waals surface area (Å²) in [6, 6.07) is 11.5. The van der Waals surface area contributed by atoms with Gasteiger partial charge in [0.15, 0.2) is 0 Å². The molecule has 8 heteroatoms. The number of carbonyl (C=O) groups excluding carboxylic acids is 1. The topological polar surface area (TPSA) is 54.3 Å². The molecule has 0 atom stereocenters. The van der Waals surface area contributed by atoms with Gasteiger partial charge in [-0.3, -0.25) is 9.48 Å². The maximum Gasteiger partial charge on any atom is 0.253 e. The van der Waals surface area contributed by atoms with Crippen molar-refractivity contribution in [2.75, 3.05) is 31.1 Å². The van der Waals surface area contributed by atoms with Crippen LogP contribution in [0.25, 0.3) is 0 Å². The highest BCUT2D eigenvalue weighted by atomic mass is 35.5. The van der Waals surface area contributed by atoms with E-state index < -0.39 is 0 Å². The van der Waals surface area contributed by atoms with Crippen LogP contribution in [0.2, 0.25) is 10.0 Å². The van der Waals surface area contributed by atoms with Crippen LogP contribution in [0.1, 0.15) is 27.3 Å². The van der Waals surface area contributed by atoms with Crippen LogP contribution in [0.15, 0.2) is 42.6 Å². The summed E-state index contributed by atoms with van der Waals surface area (Å²) in [5, 5.41) is 5.54. The molecule has 1 aliphatic rings. The lowest BCUT2D eigenvalue weighted by Gasteiger charge is -2.35. The monoisotopic (exact) mass is 443 g/mol. The van der Waals surface area contributed by atoms with Gasteiger partial charge in [-0.05, 0) is 43.7 Å². The smallest absolute Gasteiger partial charge is 0.253 e. The van der Waals surface area contributed by atoms with Gasteiger partial charge in [-0.1, -0.05) is 35.3 Å². The Kier molecular flexibility index (Phi) is 5.97. The van der Waals surface area contributed by atoms with E-state index in [1.54, 1.807) is 12.3 Å². The molecule has 0 saturated carbocycles. The summed E-state index contributed by atoms with van der Waals surface area (Å²) >= 11 is 12.2. The van der Waals surface area contributed by atoms with E-state index in [1.165, 1.54) is 0 Å². The molecule has 3 aromatic rings. The number of hydrogen-bond donors (Lipinski definition) is 0. The molecule has 0 spiro atoms. The Morgan fingerprint density at radius 1 is 1.03 bits per heavy atom. The minimum atomic E-state index is 0.0440. The van der Waals surface area contributed by atoms with E-state index in [4.69, 9.17) is 23.2 Å². The van der Waals surface area contributed by atoms with Crippen molar-refractivity contribution < 1.29 is 4.79 Å². The first-order chi connectivity index (χ1) is 14.4. The van der Waals surface area contributed by atoms with E-state index in [-0.39, 0.29) is 5.91 Å². The number of amides is 1. The standard InChI is InChI=1S/C22H23Cl2N5O/c1-15-11-16(2)29(26-15)14-17-3-5-18(6-4-17)22(30)28-9-7-27(8-10-28)21-20(24)12-19(23)13-25-21/h3-6,11-13H,7-10,14H2,1-2H3. The van der Waals surface area contributed by atoms with Gasteiger partial charge in [0, 0.05) is 43.6 Å². The van der Waals surface area contributed by atoms with Crippen LogP contribution in [-0.4, -0.2) is 51.8 Å². The molecular weight excluding hydrogens is 421 g/mol. The Morgan fingerprint density at radius 2 is 1.73 bits per heavy atom. The van der Waals surface area contributed by atoms with E-state index in [2.05, 4.69) is 21.0 Å². The van der Waals surface area contributed by atoms with Crippen molar-refractivity contribution in [2.24, 2.45) is 0 Å². The number of halogens is 2. The average molecular weight is 444 g/mol. The van der Waals surface area contributed by atoms with Crippen LogP contribution in [0, 0.1) is 13.8 Å². The van der Waals surface area contributed by atoms with Crippen molar-refractivity contribution in [2.45, 2.75) is 20.4 Å².